The van der Waals surface area contributed by atoms with Gasteiger partial charge in [-0.15, -0.1) is 0 Å². The van der Waals surface area contributed by atoms with Gasteiger partial charge < -0.3 is 9.84 Å². The van der Waals surface area contributed by atoms with Crippen LogP contribution in [0.25, 0.3) is 0 Å². The van der Waals surface area contributed by atoms with Gasteiger partial charge in [-0.05, 0) is 63.5 Å². The topological polar surface area (TPSA) is 46.5 Å². The second kappa shape index (κ2) is 6.58. The number of hydrogen-bond donors (Lipinski definition) is 1. The van der Waals surface area contributed by atoms with Crippen LogP contribution in [0.1, 0.15) is 61.9 Å². The first kappa shape index (κ1) is 16.4. The lowest BCUT2D eigenvalue weighted by Gasteiger charge is -2.31. The third-order valence-electron chi connectivity index (χ3n) is 4.96. The molecule has 0 amide bonds. The van der Waals surface area contributed by atoms with Crippen LogP contribution in [0.5, 0.6) is 0 Å². The van der Waals surface area contributed by atoms with Crippen LogP contribution in [-0.4, -0.2) is 22.6 Å². The fourth-order valence-electron chi connectivity index (χ4n) is 3.53. The van der Waals surface area contributed by atoms with Crippen LogP contribution in [0.3, 0.4) is 0 Å². The Morgan fingerprint density at radius 2 is 2.13 bits per heavy atom. The van der Waals surface area contributed by atoms with Gasteiger partial charge in [0.2, 0.25) is 0 Å². The molecule has 3 heteroatoms. The first-order chi connectivity index (χ1) is 11.0. The predicted molar refractivity (Wildman–Crippen MR) is 90.3 cm³/mol. The summed E-state index contributed by atoms with van der Waals surface area (Å²) in [6.45, 7) is 3.67. The number of aliphatic hydroxyl groups is 1. The molecule has 23 heavy (non-hydrogen) atoms. The van der Waals surface area contributed by atoms with Gasteiger partial charge in [0.15, 0.2) is 5.78 Å². The molecule has 0 spiro atoms. The molecule has 0 radical (unpaired) electrons. The molecule has 0 heterocycles. The van der Waals surface area contributed by atoms with Gasteiger partial charge in [-0.2, -0.15) is 0 Å². The minimum Gasteiger partial charge on any atom is -0.392 e. The van der Waals surface area contributed by atoms with Crippen LogP contribution >= 0.6 is 0 Å². The van der Waals surface area contributed by atoms with E-state index in [0.717, 1.165) is 30.7 Å². The Labute approximate surface area is 138 Å². The molecule has 0 bridgehead atoms. The highest BCUT2D eigenvalue weighted by Crippen LogP contribution is 2.40. The molecule has 2 atom stereocenters. The van der Waals surface area contributed by atoms with E-state index >= 15 is 0 Å². The highest BCUT2D eigenvalue weighted by Gasteiger charge is 2.34. The summed E-state index contributed by atoms with van der Waals surface area (Å²) in [4.78, 5) is 12.8. The van der Waals surface area contributed by atoms with Crippen molar-refractivity contribution in [1.29, 1.82) is 0 Å². The van der Waals surface area contributed by atoms with E-state index < -0.39 is 5.60 Å². The molecule has 1 aromatic carbocycles. The van der Waals surface area contributed by atoms with Crippen molar-refractivity contribution in [1.82, 2.24) is 0 Å². The zero-order chi connectivity index (χ0) is 16.4. The van der Waals surface area contributed by atoms with Gasteiger partial charge in [-0.25, -0.2) is 0 Å². The smallest absolute Gasteiger partial charge is 0.194 e. The van der Waals surface area contributed by atoms with Crippen molar-refractivity contribution in [3.63, 3.8) is 0 Å². The van der Waals surface area contributed by atoms with Gasteiger partial charge in [-0.3, -0.25) is 4.79 Å². The Hall–Kier alpha value is -1.45. The van der Waals surface area contributed by atoms with E-state index in [4.69, 9.17) is 4.74 Å². The zero-order valence-corrected chi connectivity index (χ0v) is 14.0. The van der Waals surface area contributed by atoms with Crippen molar-refractivity contribution < 1.29 is 14.6 Å². The first-order valence-corrected chi connectivity index (χ1v) is 8.62. The number of aliphatic hydroxyl groups excluding tert-OH is 1. The lowest BCUT2D eigenvalue weighted by Crippen LogP contribution is -2.39. The molecule has 1 unspecified atom stereocenters. The maximum atomic E-state index is 12.8. The van der Waals surface area contributed by atoms with Crippen molar-refractivity contribution >= 4 is 5.78 Å². The summed E-state index contributed by atoms with van der Waals surface area (Å²) in [5.41, 5.74) is 2.11. The highest BCUT2D eigenvalue weighted by atomic mass is 16.5. The van der Waals surface area contributed by atoms with Crippen LogP contribution in [-0.2, 0) is 11.3 Å². The Morgan fingerprint density at radius 1 is 1.30 bits per heavy atom. The van der Waals surface area contributed by atoms with Crippen LogP contribution in [0.2, 0.25) is 0 Å². The number of rotatable bonds is 5. The molecule has 1 aromatic rings. The Balaban J connectivity index is 1.66. The fourth-order valence-corrected chi connectivity index (χ4v) is 3.53. The van der Waals surface area contributed by atoms with Crippen molar-refractivity contribution in [2.45, 2.75) is 64.3 Å². The number of ketones is 1. The number of fused-ring (bicyclic) bond motifs is 1. The number of carbonyl (C=O) groups is 1. The molecule has 0 saturated heterocycles. The van der Waals surface area contributed by atoms with Crippen LogP contribution in [0.15, 0.2) is 35.9 Å². The average molecular weight is 314 g/mol. The minimum absolute atomic E-state index is 0.0154. The summed E-state index contributed by atoms with van der Waals surface area (Å²) >= 11 is 0. The Morgan fingerprint density at radius 3 is 2.91 bits per heavy atom. The molecular formula is C20H26O3. The van der Waals surface area contributed by atoms with Gasteiger partial charge in [0, 0.05) is 5.56 Å². The lowest BCUT2D eigenvalue weighted by atomic mass is 9.93. The molecule has 3 nitrogen and oxygen atoms in total. The van der Waals surface area contributed by atoms with Gasteiger partial charge in [0.05, 0.1) is 12.7 Å². The van der Waals surface area contributed by atoms with E-state index in [9.17, 15) is 9.90 Å². The number of hydrogen-bond acceptors (Lipinski definition) is 3. The summed E-state index contributed by atoms with van der Waals surface area (Å²) in [5.74, 6) is 0.755. The molecule has 2 aliphatic rings. The first-order valence-electron chi connectivity index (χ1n) is 8.62. The summed E-state index contributed by atoms with van der Waals surface area (Å²) in [5, 5.41) is 9.25. The van der Waals surface area contributed by atoms with Gasteiger partial charge in [0.1, 0.15) is 5.60 Å². The highest BCUT2D eigenvalue weighted by molar-refractivity contribution is 6.02. The van der Waals surface area contributed by atoms with Crippen molar-refractivity contribution in [2.24, 2.45) is 5.92 Å². The molecule has 0 aromatic heterocycles. The van der Waals surface area contributed by atoms with E-state index in [0.29, 0.717) is 5.56 Å². The molecule has 1 fully saturated rings. The molecule has 124 valence electrons. The molecule has 1 N–H and O–H groups in total. The Bertz CT molecular complexity index is 615. The number of allylic oxidation sites excluding steroid dienone is 2. The number of benzene rings is 1. The van der Waals surface area contributed by atoms with E-state index in [2.05, 4.69) is 6.08 Å². The lowest BCUT2D eigenvalue weighted by molar-refractivity contribution is -0.0582. The van der Waals surface area contributed by atoms with Gasteiger partial charge >= 0.3 is 0 Å². The van der Waals surface area contributed by atoms with Crippen LogP contribution < -0.4 is 0 Å². The number of ether oxygens (including phenoxy) is 1. The molecule has 0 aliphatic heterocycles. The minimum atomic E-state index is -0.838. The van der Waals surface area contributed by atoms with E-state index in [1.807, 2.05) is 26.0 Å². The zero-order valence-electron chi connectivity index (χ0n) is 14.0. The maximum absolute atomic E-state index is 12.8. The second-order valence-corrected chi connectivity index (χ2v) is 7.26. The second-order valence-electron chi connectivity index (χ2n) is 7.26. The molecule has 3 rings (SSSR count). The van der Waals surface area contributed by atoms with Crippen LogP contribution in [0.4, 0.5) is 0 Å². The summed E-state index contributed by atoms with van der Waals surface area (Å²) in [6, 6.07) is 7.18. The van der Waals surface area contributed by atoms with E-state index in [1.54, 1.807) is 17.7 Å². The molecular weight excluding hydrogens is 288 g/mol. The van der Waals surface area contributed by atoms with Crippen molar-refractivity contribution in [3.05, 3.63) is 47.0 Å². The summed E-state index contributed by atoms with van der Waals surface area (Å²) < 4.78 is 6.23. The normalized spacial score (nSPS) is 24.2. The molecule has 1 saturated carbocycles. The SMILES string of the molecule is CC(C)(O[C@H]1CCCC2C=C2CC1)C(=O)c1cccc(CO)c1. The van der Waals surface area contributed by atoms with Crippen molar-refractivity contribution in [2.75, 3.05) is 0 Å². The van der Waals surface area contributed by atoms with Gasteiger partial charge in [-0.1, -0.05) is 29.8 Å². The van der Waals surface area contributed by atoms with E-state index in [1.165, 1.54) is 12.8 Å². The Kier molecular flexibility index (Phi) is 4.69. The number of Topliss-reactive ketones (excluding diaryl/α,β-unsaturated/α-hetero) is 1. The van der Waals surface area contributed by atoms with E-state index in [-0.39, 0.29) is 18.5 Å². The number of carbonyl (C=O) groups excluding carboxylic acids is 1. The average Bonchev–Trinajstić information content (AvgIpc) is 3.26. The summed E-state index contributed by atoms with van der Waals surface area (Å²) in [6.07, 6.45) is 8.08. The third-order valence-corrected chi connectivity index (χ3v) is 4.96. The maximum Gasteiger partial charge on any atom is 0.194 e. The standard InChI is InChI=1S/C20H26O3/c1-20(2,19(22)17-7-3-5-14(11-17)13-21)23-18-8-4-6-15-12-16(15)9-10-18/h3,5,7,11-12,15,18,21H,4,6,8-10,13H2,1-2H3/t15?,18-/m0/s1. The quantitative estimate of drug-likeness (QED) is 0.659. The monoisotopic (exact) mass is 314 g/mol. The van der Waals surface area contributed by atoms with Crippen molar-refractivity contribution in [3.8, 4) is 0 Å². The predicted octanol–water partition coefficient (Wildman–Crippen LogP) is 4.05. The largest absolute Gasteiger partial charge is 0.392 e. The fraction of sp³-hybridized carbons (Fsp3) is 0.550. The van der Waals surface area contributed by atoms with Crippen LogP contribution in [0, 0.1) is 5.92 Å². The molecule has 2 aliphatic carbocycles. The van der Waals surface area contributed by atoms with Gasteiger partial charge in [0.25, 0.3) is 0 Å². The third kappa shape index (κ3) is 3.91. The summed E-state index contributed by atoms with van der Waals surface area (Å²) in [7, 11) is 0.